The fraction of sp³-hybridized carbons (Fsp3) is 0.438. The van der Waals surface area contributed by atoms with Crippen LogP contribution in [0.3, 0.4) is 0 Å². The van der Waals surface area contributed by atoms with E-state index in [0.29, 0.717) is 13.0 Å². The third kappa shape index (κ3) is 2.85. The van der Waals surface area contributed by atoms with Crippen molar-refractivity contribution in [3.63, 3.8) is 0 Å². The molecule has 0 bridgehead atoms. The second kappa shape index (κ2) is 6.09. The number of fused-ring (bicyclic) bond motifs is 1. The van der Waals surface area contributed by atoms with E-state index in [4.69, 9.17) is 5.11 Å². The molecule has 2 aromatic rings. The molecule has 108 valence electrons. The minimum absolute atomic E-state index is 0.00319. The summed E-state index contributed by atoms with van der Waals surface area (Å²) in [6.45, 7) is 6.31. The van der Waals surface area contributed by atoms with E-state index in [9.17, 15) is 4.79 Å². The number of nitrogens with zero attached hydrogens (tertiary/aromatic N) is 1. The predicted octanol–water partition coefficient (Wildman–Crippen LogP) is 2.25. The van der Waals surface area contributed by atoms with Crippen LogP contribution in [-0.2, 0) is 11.2 Å². The second-order valence-electron chi connectivity index (χ2n) is 5.36. The van der Waals surface area contributed by atoms with Gasteiger partial charge < -0.3 is 15.0 Å². The first-order valence-electron chi connectivity index (χ1n) is 7.01. The first-order chi connectivity index (χ1) is 9.54. The predicted molar refractivity (Wildman–Crippen MR) is 80.7 cm³/mol. The Morgan fingerprint density at radius 2 is 2.05 bits per heavy atom. The van der Waals surface area contributed by atoms with Crippen LogP contribution in [0, 0.1) is 6.92 Å². The number of hydrogen-bond donors (Lipinski definition) is 2. The quantitative estimate of drug-likeness (QED) is 0.878. The van der Waals surface area contributed by atoms with E-state index >= 15 is 0 Å². The van der Waals surface area contributed by atoms with E-state index in [-0.39, 0.29) is 18.6 Å². The number of aromatic amines is 1. The topological polar surface area (TPSA) is 56.3 Å². The van der Waals surface area contributed by atoms with Crippen molar-refractivity contribution in [2.75, 3.05) is 13.2 Å². The van der Waals surface area contributed by atoms with Crippen LogP contribution in [0.1, 0.15) is 25.1 Å². The molecule has 0 atom stereocenters. The number of aliphatic hydroxyl groups is 1. The van der Waals surface area contributed by atoms with Crippen LogP contribution in [0.25, 0.3) is 10.9 Å². The zero-order valence-electron chi connectivity index (χ0n) is 12.3. The Labute approximate surface area is 119 Å². The summed E-state index contributed by atoms with van der Waals surface area (Å²) in [5, 5.41) is 10.2. The molecule has 0 aliphatic heterocycles. The smallest absolute Gasteiger partial charge is 0.227 e. The first-order valence-corrected chi connectivity index (χ1v) is 7.01. The maximum absolute atomic E-state index is 12.4. The molecule has 0 saturated carbocycles. The lowest BCUT2D eigenvalue weighted by Gasteiger charge is -2.26. The minimum atomic E-state index is -0.00319. The van der Waals surface area contributed by atoms with Gasteiger partial charge in [0.2, 0.25) is 5.91 Å². The zero-order valence-corrected chi connectivity index (χ0v) is 12.3. The van der Waals surface area contributed by atoms with E-state index in [1.807, 2.05) is 45.0 Å². The molecule has 2 N–H and O–H groups in total. The first kappa shape index (κ1) is 14.6. The molecule has 0 fully saturated rings. The van der Waals surface area contributed by atoms with Crippen LogP contribution in [-0.4, -0.2) is 40.1 Å². The summed E-state index contributed by atoms with van der Waals surface area (Å²) in [5.41, 5.74) is 3.15. The van der Waals surface area contributed by atoms with E-state index in [2.05, 4.69) is 4.98 Å². The Hall–Kier alpha value is -1.81. The number of hydrogen-bond acceptors (Lipinski definition) is 2. The number of para-hydroxylation sites is 1. The summed E-state index contributed by atoms with van der Waals surface area (Å²) in [7, 11) is 0. The van der Waals surface area contributed by atoms with Gasteiger partial charge in [-0.1, -0.05) is 18.2 Å². The van der Waals surface area contributed by atoms with Crippen LogP contribution in [0.15, 0.2) is 24.3 Å². The van der Waals surface area contributed by atoms with Gasteiger partial charge in [-0.05, 0) is 32.4 Å². The lowest BCUT2D eigenvalue weighted by Crippen LogP contribution is -2.40. The number of carbonyl (C=O) groups excluding carboxylic acids is 1. The number of aromatic nitrogens is 1. The standard InChI is InChI=1S/C16H22N2O2/c1-11(2)18(8-9-19)16(20)10-14-12(3)17-15-7-5-4-6-13(14)15/h4-7,11,17,19H,8-10H2,1-3H3. The highest BCUT2D eigenvalue weighted by atomic mass is 16.3. The molecule has 1 heterocycles. The Kier molecular flexibility index (Phi) is 4.45. The third-order valence-electron chi connectivity index (χ3n) is 3.64. The molecule has 0 spiro atoms. The lowest BCUT2D eigenvalue weighted by molar-refractivity contribution is -0.132. The third-order valence-corrected chi connectivity index (χ3v) is 3.64. The molecule has 1 amide bonds. The molecule has 4 nitrogen and oxygen atoms in total. The SMILES string of the molecule is Cc1[nH]c2ccccc2c1CC(=O)N(CCO)C(C)C. The van der Waals surface area contributed by atoms with Gasteiger partial charge in [-0.25, -0.2) is 0 Å². The van der Waals surface area contributed by atoms with Crippen molar-refractivity contribution in [1.82, 2.24) is 9.88 Å². The Balaban J connectivity index is 2.27. The van der Waals surface area contributed by atoms with Crippen LogP contribution in [0.2, 0.25) is 0 Å². The summed E-state index contributed by atoms with van der Waals surface area (Å²) >= 11 is 0. The largest absolute Gasteiger partial charge is 0.395 e. The van der Waals surface area contributed by atoms with Crippen molar-refractivity contribution in [3.05, 3.63) is 35.5 Å². The van der Waals surface area contributed by atoms with Crippen LogP contribution >= 0.6 is 0 Å². The molecule has 0 saturated heterocycles. The van der Waals surface area contributed by atoms with Gasteiger partial charge in [-0.2, -0.15) is 0 Å². The van der Waals surface area contributed by atoms with Crippen molar-refractivity contribution in [1.29, 1.82) is 0 Å². The average Bonchev–Trinajstić information content (AvgIpc) is 2.72. The van der Waals surface area contributed by atoms with Crippen molar-refractivity contribution in [2.45, 2.75) is 33.2 Å². The van der Waals surface area contributed by atoms with E-state index < -0.39 is 0 Å². The van der Waals surface area contributed by atoms with Crippen molar-refractivity contribution in [2.24, 2.45) is 0 Å². The van der Waals surface area contributed by atoms with Crippen molar-refractivity contribution in [3.8, 4) is 0 Å². The Morgan fingerprint density at radius 1 is 1.35 bits per heavy atom. The van der Waals surface area contributed by atoms with Gasteiger partial charge in [0, 0.05) is 29.2 Å². The summed E-state index contributed by atoms with van der Waals surface area (Å²) in [4.78, 5) is 17.5. The highest BCUT2D eigenvalue weighted by Gasteiger charge is 2.19. The second-order valence-corrected chi connectivity index (χ2v) is 5.36. The van der Waals surface area contributed by atoms with Gasteiger partial charge in [-0.15, -0.1) is 0 Å². The van der Waals surface area contributed by atoms with Gasteiger partial charge in [0.05, 0.1) is 13.0 Å². The van der Waals surface area contributed by atoms with Gasteiger partial charge in [-0.3, -0.25) is 4.79 Å². The van der Waals surface area contributed by atoms with E-state index in [0.717, 1.165) is 22.2 Å². The number of benzene rings is 1. The molecule has 1 aromatic carbocycles. The average molecular weight is 274 g/mol. The highest BCUT2D eigenvalue weighted by Crippen LogP contribution is 2.23. The molecule has 20 heavy (non-hydrogen) atoms. The van der Waals surface area contributed by atoms with Gasteiger partial charge >= 0.3 is 0 Å². The normalized spacial score (nSPS) is 11.2. The summed E-state index contributed by atoms with van der Waals surface area (Å²) < 4.78 is 0. The van der Waals surface area contributed by atoms with E-state index in [1.54, 1.807) is 4.90 Å². The molecule has 0 aliphatic carbocycles. The fourth-order valence-corrected chi connectivity index (χ4v) is 2.59. The monoisotopic (exact) mass is 274 g/mol. The van der Waals surface area contributed by atoms with Gasteiger partial charge in [0.1, 0.15) is 0 Å². The number of amides is 1. The maximum atomic E-state index is 12.4. The van der Waals surface area contributed by atoms with Crippen molar-refractivity contribution < 1.29 is 9.90 Å². The summed E-state index contributed by atoms with van der Waals surface area (Å²) in [6, 6.07) is 8.12. The summed E-state index contributed by atoms with van der Waals surface area (Å²) in [5.74, 6) is 0.0573. The number of rotatable bonds is 5. The molecule has 1 aromatic heterocycles. The van der Waals surface area contributed by atoms with Crippen LogP contribution < -0.4 is 0 Å². The number of aliphatic hydroxyl groups excluding tert-OH is 1. The minimum Gasteiger partial charge on any atom is -0.395 e. The summed E-state index contributed by atoms with van der Waals surface area (Å²) in [6.07, 6.45) is 0.369. The Morgan fingerprint density at radius 3 is 2.70 bits per heavy atom. The fourth-order valence-electron chi connectivity index (χ4n) is 2.59. The van der Waals surface area contributed by atoms with Gasteiger partial charge in [0.15, 0.2) is 0 Å². The molecule has 0 aliphatic rings. The number of carbonyl (C=O) groups is 1. The number of aryl methyl sites for hydroxylation is 1. The molecular formula is C16H22N2O2. The zero-order chi connectivity index (χ0) is 14.7. The lowest BCUT2D eigenvalue weighted by atomic mass is 10.1. The van der Waals surface area contributed by atoms with Crippen LogP contribution in [0.4, 0.5) is 0 Å². The molecule has 0 radical (unpaired) electrons. The van der Waals surface area contributed by atoms with E-state index in [1.165, 1.54) is 0 Å². The molecular weight excluding hydrogens is 252 g/mol. The number of nitrogens with one attached hydrogen (secondary N) is 1. The van der Waals surface area contributed by atoms with Gasteiger partial charge in [0.25, 0.3) is 0 Å². The molecule has 2 rings (SSSR count). The van der Waals surface area contributed by atoms with Crippen molar-refractivity contribution >= 4 is 16.8 Å². The maximum Gasteiger partial charge on any atom is 0.227 e. The highest BCUT2D eigenvalue weighted by molar-refractivity contribution is 5.90. The van der Waals surface area contributed by atoms with Crippen LogP contribution in [0.5, 0.6) is 0 Å². The Bertz CT molecular complexity index is 602. The molecule has 0 unspecified atom stereocenters. The molecule has 4 heteroatoms. The number of H-pyrrole nitrogens is 1.